The van der Waals surface area contributed by atoms with Crippen LogP contribution in [-0.4, -0.2) is 17.2 Å². The molecule has 0 bridgehead atoms. The second kappa shape index (κ2) is 24.0. The fourth-order valence-corrected chi connectivity index (χ4v) is 20.0. The molecule has 0 saturated carbocycles. The summed E-state index contributed by atoms with van der Waals surface area (Å²) in [6.07, 6.45) is 0. The predicted molar refractivity (Wildman–Crippen MR) is 427 cm³/mol. The zero-order chi connectivity index (χ0) is 69.3. The highest BCUT2D eigenvalue weighted by molar-refractivity contribution is 6.58. The molecule has 6 aliphatic rings. The van der Waals surface area contributed by atoms with Crippen molar-refractivity contribution in [3.63, 3.8) is 0 Å². The van der Waals surface area contributed by atoms with Gasteiger partial charge in [-0.05, 0) is 178 Å². The first-order valence-corrected chi connectivity index (χ1v) is 36.3. The molecular formula is C100H66BClO2. The first-order chi connectivity index (χ1) is 51.4. The summed E-state index contributed by atoms with van der Waals surface area (Å²) in [6.45, 7) is 0. The summed E-state index contributed by atoms with van der Waals surface area (Å²) in [5.41, 5.74) is 37.5. The third kappa shape index (κ3) is 8.43. The lowest BCUT2D eigenvalue weighted by atomic mass is 9.51. The molecule has 0 saturated heterocycles. The molecule has 488 valence electrons. The molecule has 0 unspecified atom stereocenters. The highest BCUT2D eigenvalue weighted by atomic mass is 35.5. The number of rotatable bonds is 4. The topological polar surface area (TPSA) is 40.5 Å². The van der Waals surface area contributed by atoms with Crippen molar-refractivity contribution < 1.29 is 10.0 Å². The highest BCUT2D eigenvalue weighted by Gasteiger charge is 2.62. The van der Waals surface area contributed by atoms with E-state index in [4.69, 9.17) is 21.6 Å². The summed E-state index contributed by atoms with van der Waals surface area (Å²) < 4.78 is 0. The van der Waals surface area contributed by atoms with Crippen LogP contribution >= 0.6 is 11.6 Å². The van der Waals surface area contributed by atoms with Gasteiger partial charge in [-0.2, -0.15) is 0 Å². The molecule has 16 aromatic carbocycles. The lowest BCUT2D eigenvalue weighted by molar-refractivity contribution is 0.426. The Bertz CT molecular complexity index is 5930. The molecule has 0 heterocycles. The van der Waals surface area contributed by atoms with Gasteiger partial charge < -0.3 is 10.0 Å². The zero-order valence-corrected chi connectivity index (χ0v) is 57.6. The largest absolute Gasteiger partial charge is 0.488 e. The maximum atomic E-state index is 8.94. The van der Waals surface area contributed by atoms with E-state index in [0.717, 1.165) is 16.1 Å². The number of hydrogen-bond donors (Lipinski definition) is 2. The molecule has 2 N–H and O–H groups in total. The normalized spacial score (nSPS) is 14.4. The van der Waals surface area contributed by atoms with Gasteiger partial charge in [-0.25, -0.2) is 0 Å². The van der Waals surface area contributed by atoms with Crippen molar-refractivity contribution in [2.75, 3.05) is 0 Å². The van der Waals surface area contributed by atoms with Crippen LogP contribution in [0.25, 0.3) is 77.9 Å². The van der Waals surface area contributed by atoms with Gasteiger partial charge in [-0.15, -0.1) is 0 Å². The molecule has 4 spiro atoms. The maximum Gasteiger partial charge on any atom is 0.488 e. The first-order valence-electron chi connectivity index (χ1n) is 36.0. The monoisotopic (exact) mass is 1340 g/mol. The minimum atomic E-state index is -1.39. The van der Waals surface area contributed by atoms with Crippen molar-refractivity contribution in [1.29, 1.82) is 0 Å². The summed E-state index contributed by atoms with van der Waals surface area (Å²) in [5.74, 6) is 0. The third-order valence-electron chi connectivity index (χ3n) is 23.5. The smallest absolute Gasteiger partial charge is 0.423 e. The Hall–Kier alpha value is -12.2. The van der Waals surface area contributed by atoms with Gasteiger partial charge in [-0.1, -0.05) is 394 Å². The average molecular weight is 1350 g/mol. The summed E-state index contributed by atoms with van der Waals surface area (Å²) >= 11 is 7.43. The molecule has 22 rings (SSSR count). The van der Waals surface area contributed by atoms with Crippen LogP contribution in [-0.2, 0) is 21.7 Å². The number of halogens is 1. The molecule has 0 radical (unpaired) electrons. The fourth-order valence-electron chi connectivity index (χ4n) is 19.7. The van der Waals surface area contributed by atoms with Crippen molar-refractivity contribution in [1.82, 2.24) is 0 Å². The van der Waals surface area contributed by atoms with E-state index in [9.17, 15) is 0 Å². The Morgan fingerprint density at radius 1 is 0.173 bits per heavy atom. The van der Waals surface area contributed by atoms with E-state index in [2.05, 4.69) is 334 Å². The molecule has 0 amide bonds. The minimum absolute atomic E-state index is 0.457. The predicted octanol–water partition coefficient (Wildman–Crippen LogP) is 22.5. The Morgan fingerprint density at radius 2 is 0.394 bits per heavy atom. The summed E-state index contributed by atoms with van der Waals surface area (Å²) in [4.78, 5) is 0. The Labute approximate surface area is 612 Å². The van der Waals surface area contributed by atoms with Crippen molar-refractivity contribution in [3.05, 3.63) is 482 Å². The van der Waals surface area contributed by atoms with Crippen LogP contribution in [0.3, 0.4) is 0 Å². The fraction of sp³-hybridized carbons (Fsp3) is 0.0400. The molecule has 0 fully saturated rings. The van der Waals surface area contributed by atoms with Crippen LogP contribution in [0, 0.1) is 0 Å². The molecule has 0 aliphatic heterocycles. The summed E-state index contributed by atoms with van der Waals surface area (Å²) in [7, 11) is -1.39. The van der Waals surface area contributed by atoms with Crippen molar-refractivity contribution in [2.45, 2.75) is 21.7 Å². The van der Waals surface area contributed by atoms with Crippen LogP contribution in [0.4, 0.5) is 0 Å². The third-order valence-corrected chi connectivity index (χ3v) is 23.8. The molecule has 104 heavy (non-hydrogen) atoms. The van der Waals surface area contributed by atoms with Gasteiger partial charge in [-0.3, -0.25) is 0 Å². The maximum absolute atomic E-state index is 8.94. The first kappa shape index (κ1) is 61.6. The van der Waals surface area contributed by atoms with E-state index in [0.29, 0.717) is 5.46 Å². The summed E-state index contributed by atoms with van der Waals surface area (Å²) in [6, 6.07) is 142. The molecule has 2 nitrogen and oxygen atoms in total. The highest BCUT2D eigenvalue weighted by Crippen LogP contribution is 2.71. The van der Waals surface area contributed by atoms with E-state index in [-0.39, 0.29) is 0 Å². The van der Waals surface area contributed by atoms with Gasteiger partial charge in [0, 0.05) is 5.02 Å². The zero-order valence-electron chi connectivity index (χ0n) is 56.8. The van der Waals surface area contributed by atoms with Gasteiger partial charge in [0.25, 0.3) is 0 Å². The van der Waals surface area contributed by atoms with Crippen LogP contribution in [0.1, 0.15) is 89.0 Å². The lowest BCUT2D eigenvalue weighted by Gasteiger charge is -2.49. The lowest BCUT2D eigenvalue weighted by Crippen LogP contribution is -2.44. The molecule has 16 aromatic rings. The Balaban J connectivity index is 0.000000118. The molecule has 0 atom stereocenters. The Kier molecular flexibility index (Phi) is 14.2. The molecule has 4 heteroatoms. The quantitative estimate of drug-likeness (QED) is 0.172. The van der Waals surface area contributed by atoms with Crippen LogP contribution < -0.4 is 5.46 Å². The van der Waals surface area contributed by atoms with E-state index in [1.54, 1.807) is 12.1 Å². The Morgan fingerprint density at radius 3 is 0.731 bits per heavy atom. The molecule has 0 aromatic heterocycles. The van der Waals surface area contributed by atoms with Gasteiger partial charge in [0.05, 0.1) is 21.7 Å². The van der Waals surface area contributed by atoms with Crippen LogP contribution in [0.5, 0.6) is 0 Å². The number of benzene rings is 16. The van der Waals surface area contributed by atoms with Crippen molar-refractivity contribution in [2.24, 2.45) is 0 Å². The van der Waals surface area contributed by atoms with Gasteiger partial charge in [0.1, 0.15) is 0 Å². The number of hydrogen-bond acceptors (Lipinski definition) is 2. The van der Waals surface area contributed by atoms with Crippen LogP contribution in [0.2, 0.25) is 5.02 Å². The van der Waals surface area contributed by atoms with E-state index in [1.807, 2.05) is 42.5 Å². The van der Waals surface area contributed by atoms with E-state index in [1.165, 1.54) is 156 Å². The molecule has 6 aliphatic carbocycles. The summed E-state index contributed by atoms with van der Waals surface area (Å²) in [5, 5.41) is 18.7. The van der Waals surface area contributed by atoms with Gasteiger partial charge >= 0.3 is 7.12 Å². The average Bonchev–Trinajstić information content (AvgIpc) is 1.40. The molecular weight excluding hydrogens is 1280 g/mol. The second-order valence-electron chi connectivity index (χ2n) is 28.2. The standard InChI is InChI=1S/C50H32.C38H23Cl.C12H11BO2/c1-2-15-33(16-3-1)34-29-31-35(32-30-34)36-21-14-28-47-48(36)50(43-24-10-6-19-39(43)40-20-7-11-25-44(40)50)46-27-13-12-26-45(46)49(47)41-22-8-4-17-37(41)38-18-5-9-23-42(38)49;39-35-23-11-22-34-36(35)38(30-18-7-3-14-26(30)27-15-4-8-19-31(27)38)33-21-10-9-20-32(33)37(34)28-16-5-1-12-24(28)25-13-2-6-17-29(25)37;14-13(15)12-8-6-11(7-9-12)10-4-2-1-3-5-10/h1-32H;1-23H;1-9,14-15H. The van der Waals surface area contributed by atoms with Crippen molar-refractivity contribution >= 4 is 24.2 Å². The van der Waals surface area contributed by atoms with Crippen molar-refractivity contribution in [3.8, 4) is 77.9 Å². The van der Waals surface area contributed by atoms with Crippen LogP contribution in [0.15, 0.2) is 388 Å². The number of fused-ring (bicyclic) bond motifs is 32. The van der Waals surface area contributed by atoms with E-state index < -0.39 is 28.8 Å². The van der Waals surface area contributed by atoms with Gasteiger partial charge in [0.2, 0.25) is 0 Å². The van der Waals surface area contributed by atoms with E-state index >= 15 is 0 Å². The minimum Gasteiger partial charge on any atom is -0.423 e. The second-order valence-corrected chi connectivity index (χ2v) is 28.6. The van der Waals surface area contributed by atoms with Gasteiger partial charge in [0.15, 0.2) is 0 Å². The SMILES string of the molecule is Clc1cccc2c1C1(c3ccccc3-c3ccccc31)c1ccccc1C21c2ccccc2-c2ccccc21.OB(O)c1ccc(-c2ccccc2)cc1.c1ccc(-c2ccc(-c3cccc4c3C3(c5ccccc5-c5ccccc53)c3ccccc3C43c4ccccc4-c4ccccc43)cc2)cc1.